The molecule has 1 aliphatic rings. The van der Waals surface area contributed by atoms with Gasteiger partial charge < -0.3 is 19.3 Å². The molecule has 0 aliphatic carbocycles. The summed E-state index contributed by atoms with van der Waals surface area (Å²) in [5.74, 6) is -0.417. The van der Waals surface area contributed by atoms with Gasteiger partial charge in [0.15, 0.2) is 11.5 Å². The van der Waals surface area contributed by atoms with E-state index < -0.39 is 23.5 Å². The van der Waals surface area contributed by atoms with Gasteiger partial charge in [0.1, 0.15) is 6.61 Å². The SMILES string of the molecule is CCOC(=O)c1ccc(-n2c(O)c(/C=N\NC(=O)C3COc4ccccc4O3)c3ccccc3c2=O)cc1. The van der Waals surface area contributed by atoms with Crippen molar-refractivity contribution in [3.63, 3.8) is 0 Å². The number of amides is 1. The molecule has 0 radical (unpaired) electrons. The number of esters is 1. The topological polar surface area (TPSA) is 128 Å². The second-order valence-corrected chi connectivity index (χ2v) is 8.29. The fourth-order valence-corrected chi connectivity index (χ4v) is 4.07. The van der Waals surface area contributed by atoms with Crippen LogP contribution < -0.4 is 20.5 Å². The Hall–Kier alpha value is -5.12. The third-order valence-corrected chi connectivity index (χ3v) is 5.91. The smallest absolute Gasteiger partial charge is 0.338 e. The Bertz CT molecular complexity index is 1610. The lowest BCUT2D eigenvalue weighted by Gasteiger charge is -2.24. The first-order chi connectivity index (χ1) is 18.5. The number of hydrogen-bond acceptors (Lipinski definition) is 8. The molecule has 1 unspecified atom stereocenters. The zero-order valence-corrected chi connectivity index (χ0v) is 20.3. The van der Waals surface area contributed by atoms with Crippen LogP contribution in [0.25, 0.3) is 16.5 Å². The molecule has 0 saturated heterocycles. The monoisotopic (exact) mass is 513 g/mol. The van der Waals surface area contributed by atoms with E-state index in [9.17, 15) is 19.5 Å². The number of aromatic nitrogens is 1. The maximum Gasteiger partial charge on any atom is 0.338 e. The molecule has 1 atom stereocenters. The van der Waals surface area contributed by atoms with Gasteiger partial charge in [-0.1, -0.05) is 30.3 Å². The van der Waals surface area contributed by atoms with E-state index in [1.165, 1.54) is 30.5 Å². The Balaban J connectivity index is 1.44. The van der Waals surface area contributed by atoms with Crippen LogP contribution in [-0.2, 0) is 9.53 Å². The summed E-state index contributed by atoms with van der Waals surface area (Å²) < 4.78 is 17.4. The number of hydrogen-bond donors (Lipinski definition) is 2. The zero-order chi connectivity index (χ0) is 26.6. The molecule has 192 valence electrons. The van der Waals surface area contributed by atoms with Crippen molar-refractivity contribution in [3.8, 4) is 23.1 Å². The Morgan fingerprint density at radius 3 is 2.47 bits per heavy atom. The molecule has 2 heterocycles. The lowest BCUT2D eigenvalue weighted by Crippen LogP contribution is -2.42. The van der Waals surface area contributed by atoms with E-state index in [-0.39, 0.29) is 24.7 Å². The Kier molecular flexibility index (Phi) is 6.77. The van der Waals surface area contributed by atoms with Crippen LogP contribution in [0, 0.1) is 0 Å². The molecule has 0 spiro atoms. The number of hydrazone groups is 1. The first-order valence-corrected chi connectivity index (χ1v) is 11.8. The van der Waals surface area contributed by atoms with Crippen LogP contribution in [-0.4, -0.2) is 47.1 Å². The Morgan fingerprint density at radius 1 is 1.05 bits per heavy atom. The molecule has 5 rings (SSSR count). The van der Waals surface area contributed by atoms with E-state index in [1.807, 2.05) is 0 Å². The summed E-state index contributed by atoms with van der Waals surface area (Å²) in [5.41, 5.74) is 2.79. The number of para-hydroxylation sites is 2. The second kappa shape index (κ2) is 10.5. The van der Waals surface area contributed by atoms with Gasteiger partial charge in [-0.15, -0.1) is 0 Å². The molecular weight excluding hydrogens is 490 g/mol. The van der Waals surface area contributed by atoms with E-state index in [1.54, 1.807) is 55.5 Å². The highest BCUT2D eigenvalue weighted by atomic mass is 16.6. The Labute approximate surface area is 216 Å². The largest absolute Gasteiger partial charge is 0.494 e. The number of carbonyl (C=O) groups is 2. The second-order valence-electron chi connectivity index (χ2n) is 8.29. The number of pyridine rings is 1. The van der Waals surface area contributed by atoms with E-state index in [2.05, 4.69) is 10.5 Å². The Morgan fingerprint density at radius 2 is 1.74 bits per heavy atom. The van der Waals surface area contributed by atoms with Crippen molar-refractivity contribution in [3.05, 3.63) is 94.3 Å². The first-order valence-electron chi connectivity index (χ1n) is 11.8. The summed E-state index contributed by atoms with van der Waals surface area (Å²) in [4.78, 5) is 37.9. The minimum atomic E-state index is -0.917. The molecule has 38 heavy (non-hydrogen) atoms. The van der Waals surface area contributed by atoms with Crippen molar-refractivity contribution in [1.29, 1.82) is 0 Å². The van der Waals surface area contributed by atoms with Crippen molar-refractivity contribution in [2.24, 2.45) is 5.10 Å². The van der Waals surface area contributed by atoms with Gasteiger partial charge in [-0.2, -0.15) is 5.10 Å². The van der Waals surface area contributed by atoms with Gasteiger partial charge in [-0.05, 0) is 49.4 Å². The minimum absolute atomic E-state index is 0.0131. The lowest BCUT2D eigenvalue weighted by atomic mass is 10.1. The lowest BCUT2D eigenvalue weighted by molar-refractivity contribution is -0.130. The fourth-order valence-electron chi connectivity index (χ4n) is 4.07. The highest BCUT2D eigenvalue weighted by Crippen LogP contribution is 2.31. The van der Waals surface area contributed by atoms with Gasteiger partial charge in [-0.3, -0.25) is 9.59 Å². The molecular formula is C28H23N3O7. The van der Waals surface area contributed by atoms with E-state index in [0.717, 1.165) is 4.57 Å². The summed E-state index contributed by atoms with van der Waals surface area (Å²) in [6, 6.07) is 19.8. The number of nitrogens with one attached hydrogen (secondary N) is 1. The van der Waals surface area contributed by atoms with Crippen LogP contribution in [0.2, 0.25) is 0 Å². The summed E-state index contributed by atoms with van der Waals surface area (Å²) in [7, 11) is 0. The van der Waals surface area contributed by atoms with E-state index in [4.69, 9.17) is 14.2 Å². The maximum atomic E-state index is 13.3. The number of carbonyl (C=O) groups excluding carboxylic acids is 2. The van der Waals surface area contributed by atoms with Crippen molar-refractivity contribution in [2.75, 3.05) is 13.2 Å². The van der Waals surface area contributed by atoms with E-state index >= 15 is 0 Å². The predicted molar refractivity (Wildman–Crippen MR) is 139 cm³/mol. The molecule has 10 nitrogen and oxygen atoms in total. The van der Waals surface area contributed by atoms with Crippen molar-refractivity contribution < 1.29 is 28.9 Å². The third kappa shape index (κ3) is 4.66. The highest BCUT2D eigenvalue weighted by molar-refractivity contribution is 6.02. The normalized spacial score (nSPS) is 14.4. The number of ether oxygens (including phenoxy) is 3. The summed E-state index contributed by atoms with van der Waals surface area (Å²) in [6.45, 7) is 1.95. The van der Waals surface area contributed by atoms with Gasteiger partial charge in [0.25, 0.3) is 11.5 Å². The van der Waals surface area contributed by atoms with E-state index in [0.29, 0.717) is 33.5 Å². The molecule has 3 aromatic carbocycles. The van der Waals surface area contributed by atoms with Crippen LogP contribution in [0.5, 0.6) is 17.4 Å². The molecule has 0 saturated carbocycles. The molecule has 0 bridgehead atoms. The molecule has 4 aromatic rings. The summed E-state index contributed by atoms with van der Waals surface area (Å²) in [6.07, 6.45) is 0.343. The molecule has 10 heteroatoms. The van der Waals surface area contributed by atoms with Crippen LogP contribution in [0.1, 0.15) is 22.8 Å². The number of rotatable bonds is 6. The maximum absolute atomic E-state index is 13.3. The molecule has 1 amide bonds. The van der Waals surface area contributed by atoms with Gasteiger partial charge in [0, 0.05) is 10.8 Å². The van der Waals surface area contributed by atoms with Crippen LogP contribution in [0.4, 0.5) is 0 Å². The van der Waals surface area contributed by atoms with Gasteiger partial charge in [0.05, 0.1) is 29.6 Å². The van der Waals surface area contributed by atoms with Gasteiger partial charge in [-0.25, -0.2) is 14.8 Å². The first kappa shape index (κ1) is 24.6. The zero-order valence-electron chi connectivity index (χ0n) is 20.3. The fraction of sp³-hybridized carbons (Fsp3) is 0.143. The van der Waals surface area contributed by atoms with Crippen molar-refractivity contribution in [2.45, 2.75) is 13.0 Å². The summed E-state index contributed by atoms with van der Waals surface area (Å²) >= 11 is 0. The quantitative estimate of drug-likeness (QED) is 0.230. The molecule has 1 aromatic heterocycles. The molecule has 0 fully saturated rings. The average molecular weight is 514 g/mol. The predicted octanol–water partition coefficient (Wildman–Crippen LogP) is 3.16. The highest BCUT2D eigenvalue weighted by Gasteiger charge is 2.27. The average Bonchev–Trinajstić information content (AvgIpc) is 2.95. The molecule has 2 N–H and O–H groups in total. The van der Waals surface area contributed by atoms with Crippen LogP contribution >= 0.6 is 0 Å². The standard InChI is InChI=1S/C28H23N3O7/c1-2-36-28(35)17-11-13-18(14-12-17)31-26(33)20-8-4-3-7-19(20)21(27(31)34)15-29-30-25(32)24-16-37-22-9-5-6-10-23(22)38-24/h3-15,24,34H,2,16H2,1H3,(H,30,32)/b29-15-. The van der Waals surface area contributed by atoms with Crippen LogP contribution in [0.15, 0.2) is 82.7 Å². The molecule has 1 aliphatic heterocycles. The summed E-state index contributed by atoms with van der Waals surface area (Å²) in [5, 5.41) is 15.9. The van der Waals surface area contributed by atoms with Gasteiger partial charge >= 0.3 is 5.97 Å². The van der Waals surface area contributed by atoms with Crippen LogP contribution in [0.3, 0.4) is 0 Å². The third-order valence-electron chi connectivity index (χ3n) is 5.91. The number of aromatic hydroxyl groups is 1. The number of nitrogens with zero attached hydrogens (tertiary/aromatic N) is 2. The minimum Gasteiger partial charge on any atom is -0.494 e. The number of fused-ring (bicyclic) bond motifs is 2. The number of benzene rings is 3. The van der Waals surface area contributed by atoms with Gasteiger partial charge in [0.2, 0.25) is 12.0 Å². The van der Waals surface area contributed by atoms with Crippen molar-refractivity contribution in [1.82, 2.24) is 9.99 Å². The van der Waals surface area contributed by atoms with Crippen molar-refractivity contribution >= 4 is 28.9 Å².